The minimum atomic E-state index is -0.285. The molecule has 1 aromatic heterocycles. The van der Waals surface area contributed by atoms with Crippen molar-refractivity contribution in [1.82, 2.24) is 15.5 Å². The molecule has 2 amide bonds. The number of amides is 2. The van der Waals surface area contributed by atoms with Crippen LogP contribution in [-0.4, -0.2) is 40.9 Å². The summed E-state index contributed by atoms with van der Waals surface area (Å²) in [6.07, 6.45) is 1.01. The van der Waals surface area contributed by atoms with E-state index >= 15 is 0 Å². The molecule has 0 bridgehead atoms. The zero-order valence-corrected chi connectivity index (χ0v) is 16.8. The molecule has 1 aromatic carbocycles. The number of hydrogen-bond acceptors (Lipinski definition) is 7. The van der Waals surface area contributed by atoms with Crippen molar-refractivity contribution in [3.8, 4) is 0 Å². The molecule has 0 saturated heterocycles. The number of anilines is 2. The van der Waals surface area contributed by atoms with E-state index < -0.39 is 0 Å². The van der Waals surface area contributed by atoms with Crippen LogP contribution in [0.15, 0.2) is 33.1 Å². The highest BCUT2D eigenvalue weighted by Crippen LogP contribution is 2.25. The van der Waals surface area contributed by atoms with Gasteiger partial charge in [0.25, 0.3) is 0 Å². The smallest absolute Gasteiger partial charge is 0.243 e. The lowest BCUT2D eigenvalue weighted by Crippen LogP contribution is -2.33. The van der Waals surface area contributed by atoms with E-state index in [4.69, 9.17) is 0 Å². The fourth-order valence-electron chi connectivity index (χ4n) is 1.69. The number of halogens is 1. The van der Waals surface area contributed by atoms with E-state index in [1.807, 2.05) is 18.2 Å². The molecule has 0 saturated carbocycles. The summed E-state index contributed by atoms with van der Waals surface area (Å²) in [5.41, 5.74) is 0.664. The molecule has 0 aliphatic carbocycles. The number of hydrogen-bond donors (Lipinski definition) is 3. The highest BCUT2D eigenvalue weighted by atomic mass is 79.9. The van der Waals surface area contributed by atoms with Gasteiger partial charge in [-0.15, -0.1) is 10.2 Å². The number of carbonyl (C=O) groups is 2. The molecule has 0 aliphatic heterocycles. The number of rotatable bonds is 9. The van der Waals surface area contributed by atoms with E-state index in [0.717, 1.165) is 22.6 Å². The van der Waals surface area contributed by atoms with E-state index in [0.29, 0.717) is 10.0 Å². The van der Waals surface area contributed by atoms with Gasteiger partial charge in [-0.2, -0.15) is 0 Å². The van der Waals surface area contributed by atoms with Gasteiger partial charge in [-0.25, -0.2) is 0 Å². The van der Waals surface area contributed by atoms with Gasteiger partial charge in [-0.1, -0.05) is 42.2 Å². The fraction of sp³-hybridized carbons (Fsp3) is 0.333. The van der Waals surface area contributed by atoms with Crippen molar-refractivity contribution in [3.05, 3.63) is 28.7 Å². The number of nitrogens with zero attached hydrogens (tertiary/aromatic N) is 2. The van der Waals surface area contributed by atoms with Gasteiger partial charge >= 0.3 is 0 Å². The average molecular weight is 444 g/mol. The molecule has 0 spiro atoms. The third-order valence-electron chi connectivity index (χ3n) is 2.85. The van der Waals surface area contributed by atoms with Crippen LogP contribution in [0.5, 0.6) is 0 Å². The van der Waals surface area contributed by atoms with E-state index in [-0.39, 0.29) is 24.1 Å². The number of thioether (sulfide) groups is 1. The Hall–Kier alpha value is -1.65. The summed E-state index contributed by atoms with van der Waals surface area (Å²) in [7, 11) is 0. The average Bonchev–Trinajstić information content (AvgIpc) is 3.06. The van der Waals surface area contributed by atoms with Gasteiger partial charge in [0.2, 0.25) is 16.9 Å². The minimum absolute atomic E-state index is 0.0832. The normalized spacial score (nSPS) is 10.3. The number of aromatic nitrogens is 2. The molecule has 0 aliphatic rings. The Labute approximate surface area is 162 Å². The molecule has 25 heavy (non-hydrogen) atoms. The second-order valence-corrected chi connectivity index (χ2v) is 7.95. The van der Waals surface area contributed by atoms with Crippen molar-refractivity contribution in [3.63, 3.8) is 0 Å². The Morgan fingerprint density at radius 1 is 1.24 bits per heavy atom. The van der Waals surface area contributed by atoms with Crippen LogP contribution in [0, 0.1) is 0 Å². The van der Waals surface area contributed by atoms with Crippen LogP contribution >= 0.6 is 39.0 Å². The Morgan fingerprint density at radius 3 is 2.80 bits per heavy atom. The van der Waals surface area contributed by atoms with Crippen molar-refractivity contribution in [2.45, 2.75) is 17.7 Å². The predicted octanol–water partition coefficient (Wildman–Crippen LogP) is 2.97. The number of para-hydroxylation sites is 1. The van der Waals surface area contributed by atoms with Crippen LogP contribution < -0.4 is 16.0 Å². The van der Waals surface area contributed by atoms with Gasteiger partial charge in [0.15, 0.2) is 4.34 Å². The molecule has 2 aromatic rings. The monoisotopic (exact) mass is 443 g/mol. The number of benzene rings is 1. The van der Waals surface area contributed by atoms with Crippen molar-refractivity contribution in [2.24, 2.45) is 0 Å². The van der Waals surface area contributed by atoms with E-state index in [1.165, 1.54) is 23.1 Å². The maximum atomic E-state index is 11.9. The quantitative estimate of drug-likeness (QED) is 0.515. The third kappa shape index (κ3) is 7.00. The molecule has 0 fully saturated rings. The van der Waals surface area contributed by atoms with Crippen LogP contribution in [0.3, 0.4) is 0 Å². The molecule has 10 heteroatoms. The molecule has 0 radical (unpaired) electrons. The van der Waals surface area contributed by atoms with E-state index in [1.54, 1.807) is 6.07 Å². The van der Waals surface area contributed by atoms with Gasteiger partial charge in [0.05, 0.1) is 18.0 Å². The summed E-state index contributed by atoms with van der Waals surface area (Å²) >= 11 is 6.05. The molecule has 134 valence electrons. The van der Waals surface area contributed by atoms with Gasteiger partial charge < -0.3 is 16.0 Å². The first-order valence-electron chi connectivity index (χ1n) is 7.59. The second kappa shape index (κ2) is 10.4. The topological polar surface area (TPSA) is 96.0 Å². The first kappa shape index (κ1) is 19.7. The van der Waals surface area contributed by atoms with E-state index in [9.17, 15) is 9.59 Å². The summed E-state index contributed by atoms with van der Waals surface area (Å²) < 4.78 is 1.50. The van der Waals surface area contributed by atoms with Crippen LogP contribution in [-0.2, 0) is 9.59 Å². The van der Waals surface area contributed by atoms with Crippen LogP contribution in [0.4, 0.5) is 10.8 Å². The van der Waals surface area contributed by atoms with Crippen molar-refractivity contribution in [2.75, 3.05) is 29.5 Å². The first-order valence-corrected chi connectivity index (χ1v) is 10.2. The Bertz CT molecular complexity index is 725. The van der Waals surface area contributed by atoms with Crippen molar-refractivity contribution < 1.29 is 9.59 Å². The first-order chi connectivity index (χ1) is 12.1. The highest BCUT2D eigenvalue weighted by molar-refractivity contribution is 9.10. The van der Waals surface area contributed by atoms with Crippen LogP contribution in [0.25, 0.3) is 0 Å². The maximum absolute atomic E-state index is 11.9. The molecule has 2 rings (SSSR count). The lowest BCUT2D eigenvalue weighted by atomic mass is 10.3. The van der Waals surface area contributed by atoms with Gasteiger partial charge in [0, 0.05) is 11.0 Å². The third-order valence-corrected chi connectivity index (χ3v) is 5.56. The summed E-state index contributed by atoms with van der Waals surface area (Å²) in [5.74, 6) is -0.331. The van der Waals surface area contributed by atoms with Gasteiger partial charge in [0.1, 0.15) is 0 Å². The summed E-state index contributed by atoms with van der Waals surface area (Å²) in [6.45, 7) is 2.83. The van der Waals surface area contributed by atoms with Gasteiger partial charge in [-0.05, 0) is 34.5 Å². The zero-order chi connectivity index (χ0) is 18.1. The van der Waals surface area contributed by atoms with Crippen LogP contribution in [0.2, 0.25) is 0 Å². The summed E-state index contributed by atoms with van der Waals surface area (Å²) in [5, 5.41) is 17.2. The van der Waals surface area contributed by atoms with Crippen molar-refractivity contribution in [1.29, 1.82) is 0 Å². The minimum Gasteiger partial charge on any atom is -0.360 e. The summed E-state index contributed by atoms with van der Waals surface area (Å²) in [6, 6.07) is 7.28. The Kier molecular flexibility index (Phi) is 8.16. The highest BCUT2D eigenvalue weighted by Gasteiger charge is 2.10. The Morgan fingerprint density at radius 2 is 2.04 bits per heavy atom. The van der Waals surface area contributed by atoms with E-state index in [2.05, 4.69) is 49.0 Å². The largest absolute Gasteiger partial charge is 0.360 e. The molecular formula is C15H18BrN5O2S2. The maximum Gasteiger partial charge on any atom is 0.243 e. The second-order valence-electron chi connectivity index (χ2n) is 4.89. The molecular weight excluding hydrogens is 426 g/mol. The molecule has 0 unspecified atom stereocenters. The number of carbonyl (C=O) groups excluding carboxylic acids is 2. The molecule has 3 N–H and O–H groups in total. The molecule has 0 atom stereocenters. The van der Waals surface area contributed by atoms with Crippen molar-refractivity contribution >= 4 is 61.7 Å². The van der Waals surface area contributed by atoms with Crippen LogP contribution in [0.1, 0.15) is 13.3 Å². The SMILES string of the molecule is CCCNc1nnc(SCC(=O)NCC(=O)Nc2ccccc2Br)s1. The standard InChI is InChI=1S/C15H18BrN5O2S2/c1-2-7-17-14-20-21-15(25-14)24-9-13(23)18-8-12(22)19-11-6-4-3-5-10(11)16/h3-6H,2,7-9H2,1H3,(H,17,20)(H,18,23)(H,19,22). The lowest BCUT2D eigenvalue weighted by molar-refractivity contribution is -0.122. The fourth-order valence-corrected chi connectivity index (χ4v) is 3.68. The zero-order valence-electron chi connectivity index (χ0n) is 13.5. The lowest BCUT2D eigenvalue weighted by Gasteiger charge is -2.08. The van der Waals surface area contributed by atoms with Gasteiger partial charge in [-0.3, -0.25) is 9.59 Å². The predicted molar refractivity (Wildman–Crippen MR) is 105 cm³/mol. The summed E-state index contributed by atoms with van der Waals surface area (Å²) in [4.78, 5) is 23.7. The number of nitrogens with one attached hydrogen (secondary N) is 3. The molecule has 7 nitrogen and oxygen atoms in total. The molecule has 1 heterocycles. The Balaban J connectivity index is 1.69.